The molecule has 0 spiro atoms. The molecule has 4 heterocycles. The van der Waals surface area contributed by atoms with Gasteiger partial charge in [-0.2, -0.15) is 0 Å². The van der Waals surface area contributed by atoms with Crippen LogP contribution in [0.4, 0.5) is 8.78 Å². The van der Waals surface area contributed by atoms with Crippen molar-refractivity contribution in [3.8, 4) is 0 Å². The Kier molecular flexibility index (Phi) is 13.1. The summed E-state index contributed by atoms with van der Waals surface area (Å²) < 4.78 is 64.3. The van der Waals surface area contributed by atoms with E-state index in [9.17, 15) is 23.2 Å². The van der Waals surface area contributed by atoms with E-state index in [2.05, 4.69) is 39.1 Å². The van der Waals surface area contributed by atoms with Gasteiger partial charge in [-0.15, -0.1) is 6.58 Å². The standard InChI is InChI=1S/C12H11FN2O.C11H9FN2O2.CH3I.4O.Os/c1-3-4-8-9(13)7-14-10-5-6-11(16)15(2)12(8)10;1-14-10(16)3-2-9-11(14)7(4-5-15)8(12)6-13-9;1-2;;;;;/h3,5-7H,1,4H2,2H3;2-3,5-6H,4H2,1H3;1H3;;;;;. The van der Waals surface area contributed by atoms with E-state index in [0.29, 0.717) is 40.3 Å². The van der Waals surface area contributed by atoms with Gasteiger partial charge in [-0.05, 0) is 23.5 Å². The van der Waals surface area contributed by atoms with E-state index < -0.39 is 26.5 Å². The van der Waals surface area contributed by atoms with Gasteiger partial charge in [-0.3, -0.25) is 19.6 Å². The number of pyridine rings is 4. The van der Waals surface area contributed by atoms with E-state index in [4.69, 9.17) is 14.2 Å². The van der Waals surface area contributed by atoms with Gasteiger partial charge in [-0.1, -0.05) is 28.7 Å². The molecule has 0 amide bonds. The average Bonchev–Trinajstić information content (AvgIpc) is 2.88. The number of fused-ring (bicyclic) bond motifs is 2. The van der Waals surface area contributed by atoms with Gasteiger partial charge in [0.1, 0.15) is 17.9 Å². The van der Waals surface area contributed by atoms with Crippen LogP contribution in [0, 0.1) is 11.6 Å². The van der Waals surface area contributed by atoms with Gasteiger partial charge in [0.25, 0.3) is 11.1 Å². The molecule has 0 aliphatic heterocycles. The van der Waals surface area contributed by atoms with E-state index in [1.54, 1.807) is 19.2 Å². The Morgan fingerprint density at radius 1 is 0.821 bits per heavy atom. The molecule has 0 aromatic carbocycles. The molecular weight excluding hydrogens is 811 g/mol. The third-order valence-electron chi connectivity index (χ3n) is 5.00. The maximum absolute atomic E-state index is 13.6. The molecule has 0 aliphatic rings. The molecule has 0 atom stereocenters. The fourth-order valence-corrected chi connectivity index (χ4v) is 3.42. The Hall–Kier alpha value is -3.44. The van der Waals surface area contributed by atoms with E-state index >= 15 is 0 Å². The Balaban J connectivity index is 0.000000316. The number of aryl methyl sites for hydroxylation is 2. The van der Waals surface area contributed by atoms with Gasteiger partial charge < -0.3 is 13.9 Å². The van der Waals surface area contributed by atoms with Crippen LogP contribution < -0.4 is 11.1 Å². The summed E-state index contributed by atoms with van der Waals surface area (Å²) in [6, 6.07) is 5.90. The van der Waals surface area contributed by atoms with Crippen molar-refractivity contribution in [2.24, 2.45) is 14.1 Å². The predicted octanol–water partition coefficient (Wildman–Crippen LogP) is 3.19. The molecule has 0 fully saturated rings. The molecule has 4 aromatic heterocycles. The Labute approximate surface area is 236 Å². The number of carbonyl (C=O) groups excluding carboxylic acids is 1. The van der Waals surface area contributed by atoms with E-state index in [0.717, 1.165) is 6.20 Å². The van der Waals surface area contributed by atoms with Crippen LogP contribution in [0.15, 0.2) is 58.9 Å². The second-order valence-corrected chi connectivity index (χ2v) is 9.86. The van der Waals surface area contributed by atoms with Gasteiger partial charge in [0, 0.05) is 43.8 Å². The second kappa shape index (κ2) is 15.2. The van der Waals surface area contributed by atoms with Crippen molar-refractivity contribution in [2.75, 3.05) is 4.93 Å². The molecule has 0 N–H and O–H groups in total. The Morgan fingerprint density at radius 2 is 1.18 bits per heavy atom. The van der Waals surface area contributed by atoms with Gasteiger partial charge in [0.2, 0.25) is 0 Å². The molecule has 39 heavy (non-hydrogen) atoms. The molecule has 15 heteroatoms. The number of aldehydes is 1. The number of allylic oxidation sites excluding steroid dienone is 1. The normalized spacial score (nSPS) is 10.3. The summed E-state index contributed by atoms with van der Waals surface area (Å²) in [7, 11) is 3.14. The number of carbonyl (C=O) groups is 1. The van der Waals surface area contributed by atoms with Gasteiger partial charge in [0.05, 0.1) is 34.5 Å². The van der Waals surface area contributed by atoms with Gasteiger partial charge in [0.15, 0.2) is 0 Å². The number of hydrogen-bond acceptors (Lipinski definition) is 9. The SMILES string of the molecule is C=CCc1c(F)cnc2ccc(=O)n(C)c12.CI.Cn1c(=O)ccc2ncc(F)c(CC=O)c21.[O]=[Os](=[O])(=[O])=[O]. The van der Waals surface area contributed by atoms with Crippen molar-refractivity contribution < 1.29 is 42.6 Å². The fourth-order valence-electron chi connectivity index (χ4n) is 3.42. The zero-order valence-electron chi connectivity index (χ0n) is 20.9. The molecule has 11 nitrogen and oxygen atoms in total. The molecule has 0 aliphatic carbocycles. The van der Waals surface area contributed by atoms with Crippen molar-refractivity contribution in [1.82, 2.24) is 19.1 Å². The number of alkyl halides is 1. The summed E-state index contributed by atoms with van der Waals surface area (Å²) in [5, 5.41) is 0. The summed E-state index contributed by atoms with van der Waals surface area (Å²) >= 11 is -3.91. The monoisotopic (exact) mass is 836 g/mol. The zero-order valence-corrected chi connectivity index (χ0v) is 25.6. The first-order valence-electron chi connectivity index (χ1n) is 10.6. The molecule has 0 saturated heterocycles. The van der Waals surface area contributed by atoms with Gasteiger partial charge in [-0.25, -0.2) is 8.78 Å². The number of rotatable bonds is 4. The van der Waals surface area contributed by atoms with E-state index in [1.165, 1.54) is 40.6 Å². The summed E-state index contributed by atoms with van der Waals surface area (Å²) in [6.45, 7) is 3.58. The second-order valence-electron chi connectivity index (χ2n) is 7.32. The third kappa shape index (κ3) is 9.36. The first-order chi connectivity index (χ1) is 18.3. The van der Waals surface area contributed by atoms with Crippen LogP contribution >= 0.6 is 22.6 Å². The molecule has 0 bridgehead atoms. The summed E-state index contributed by atoms with van der Waals surface area (Å²) in [5.41, 5.74) is 2.25. The van der Waals surface area contributed by atoms with E-state index in [-0.39, 0.29) is 23.1 Å². The molecule has 4 rings (SSSR count). The predicted molar refractivity (Wildman–Crippen MR) is 140 cm³/mol. The molecule has 210 valence electrons. The van der Waals surface area contributed by atoms with Crippen LogP contribution in [-0.2, 0) is 60.7 Å². The topological polar surface area (TPSA) is 155 Å². The Morgan fingerprint density at radius 3 is 1.51 bits per heavy atom. The number of nitrogens with zero attached hydrogens (tertiary/aromatic N) is 4. The van der Waals surface area contributed by atoms with Crippen LogP contribution in [-0.4, -0.2) is 30.3 Å². The third-order valence-corrected chi connectivity index (χ3v) is 5.00. The van der Waals surface area contributed by atoms with Crippen molar-refractivity contribution >= 4 is 50.9 Å². The van der Waals surface area contributed by atoms with Crippen molar-refractivity contribution in [3.05, 3.63) is 92.8 Å². The fraction of sp³-hybridized carbons (Fsp3) is 0.208. The van der Waals surface area contributed by atoms with Crippen molar-refractivity contribution in [2.45, 2.75) is 12.8 Å². The number of aromatic nitrogens is 4. The minimum atomic E-state index is -6.06. The van der Waals surface area contributed by atoms with Gasteiger partial charge >= 0.3 is 29.0 Å². The molecule has 0 unspecified atom stereocenters. The van der Waals surface area contributed by atoms with Crippen LogP contribution in [0.1, 0.15) is 11.1 Å². The minimum absolute atomic E-state index is 0.0673. The summed E-state index contributed by atoms with van der Waals surface area (Å²) in [6.07, 6.45) is 4.76. The molecule has 4 aromatic rings. The first-order valence-corrected chi connectivity index (χ1v) is 16.9. The van der Waals surface area contributed by atoms with Crippen LogP contribution in [0.3, 0.4) is 0 Å². The maximum atomic E-state index is 13.6. The van der Waals surface area contributed by atoms with E-state index in [1.807, 2.05) is 4.93 Å². The van der Waals surface area contributed by atoms with Crippen molar-refractivity contribution in [3.63, 3.8) is 0 Å². The Bertz CT molecular complexity index is 1720. The van der Waals surface area contributed by atoms with Crippen molar-refractivity contribution in [1.29, 1.82) is 0 Å². The van der Waals surface area contributed by atoms with Crippen LogP contribution in [0.5, 0.6) is 0 Å². The summed E-state index contributed by atoms with van der Waals surface area (Å²) in [5.74, 6) is -0.977. The van der Waals surface area contributed by atoms with Crippen LogP contribution in [0.2, 0.25) is 0 Å². The number of hydrogen-bond donors (Lipinski definition) is 0. The average molecular weight is 835 g/mol. The molecule has 0 radical (unpaired) electrons. The van der Waals surface area contributed by atoms with Crippen LogP contribution in [0.25, 0.3) is 22.1 Å². The molecule has 0 saturated carbocycles. The quantitative estimate of drug-likeness (QED) is 0.131. The summed E-state index contributed by atoms with van der Waals surface area (Å²) in [4.78, 5) is 43.2. The molecular formula is C24H23F2IN4O7Os. The zero-order chi connectivity index (χ0) is 29.9. The first kappa shape index (κ1) is 33.6. The number of halogens is 3.